The van der Waals surface area contributed by atoms with Crippen molar-refractivity contribution in [2.75, 3.05) is 0 Å². The van der Waals surface area contributed by atoms with Gasteiger partial charge in [0.1, 0.15) is 0 Å². The van der Waals surface area contributed by atoms with E-state index in [0.717, 1.165) is 0 Å². The Hall–Kier alpha value is 1.14. The summed E-state index contributed by atoms with van der Waals surface area (Å²) in [6.45, 7) is 3.67. The second kappa shape index (κ2) is 3.22. The summed E-state index contributed by atoms with van der Waals surface area (Å²) >= 11 is 0. The average Bonchev–Trinajstić information content (AvgIpc) is 2.14. The Kier molecular flexibility index (Phi) is 2.88. The largest absolute Gasteiger partial charge is 0.101 e. The van der Waals surface area contributed by atoms with E-state index in [9.17, 15) is 0 Å². The van der Waals surface area contributed by atoms with Gasteiger partial charge in [-0.05, 0) is 19.7 Å². The predicted octanol–water partition coefficient (Wildman–Crippen LogP) is 3.19. The van der Waals surface area contributed by atoms with Crippen LogP contribution in [0.4, 0.5) is 0 Å². The van der Waals surface area contributed by atoms with Crippen LogP contribution in [-0.4, -0.2) is 4.58 Å². The predicted molar refractivity (Wildman–Crippen MR) is 44.3 cm³/mol. The first-order valence-electron chi connectivity index (χ1n) is 1.71. The smallest absolute Gasteiger partial charge is 0.0903 e. The molecule has 0 radical (unpaired) electrons. The lowest BCUT2D eigenvalue weighted by Gasteiger charge is -1.90. The van der Waals surface area contributed by atoms with Gasteiger partial charge in [-0.15, -0.1) is 6.58 Å². The highest BCUT2D eigenvalue weighted by Gasteiger charge is 2.13. The van der Waals surface area contributed by atoms with Crippen LogP contribution >= 0.6 is 41.2 Å². The second-order valence-corrected chi connectivity index (χ2v) is 7.32. The zero-order valence-electron chi connectivity index (χ0n) is 3.49. The van der Waals surface area contributed by atoms with Crippen LogP contribution in [-0.2, 0) is 0 Å². The molecule has 0 atom stereocenters. The molecule has 1 aliphatic rings. The highest BCUT2D eigenvalue weighted by atomic mass is 33.7. The summed E-state index contributed by atoms with van der Waals surface area (Å²) in [5.41, 5.74) is 0. The lowest BCUT2D eigenvalue weighted by atomic mass is 10.8. The van der Waals surface area contributed by atoms with Crippen LogP contribution in [0.1, 0.15) is 0 Å². The van der Waals surface area contributed by atoms with E-state index in [1.54, 1.807) is 0 Å². The van der Waals surface area contributed by atoms with E-state index in [1.165, 1.54) is 0 Å². The minimum Gasteiger partial charge on any atom is -0.101 e. The van der Waals surface area contributed by atoms with Crippen molar-refractivity contribution in [1.29, 1.82) is 0 Å². The van der Waals surface area contributed by atoms with Crippen LogP contribution in [0.15, 0.2) is 12.7 Å². The highest BCUT2D eigenvalue weighted by Crippen LogP contribution is 2.58. The Balaban J connectivity index is 2.26. The summed E-state index contributed by atoms with van der Waals surface area (Å²) in [5, 5.41) is 0. The molecule has 7 heavy (non-hydrogen) atoms. The molecule has 40 valence electrons. The third kappa shape index (κ3) is 1.83. The Morgan fingerprint density at radius 2 is 1.86 bits per heavy atom. The molecule has 1 saturated heterocycles. The molecule has 0 unspecified atom stereocenters. The molecule has 1 rings (SSSR count). The van der Waals surface area contributed by atoms with Crippen molar-refractivity contribution in [2.24, 2.45) is 0 Å². The Morgan fingerprint density at radius 3 is 2.14 bits per heavy atom. The molecular formula is C3H4S4. The van der Waals surface area contributed by atoms with Gasteiger partial charge < -0.3 is 0 Å². The van der Waals surface area contributed by atoms with Crippen LogP contribution in [0.2, 0.25) is 0 Å². The van der Waals surface area contributed by atoms with E-state index in [0.29, 0.717) is 4.58 Å². The molecule has 1 aliphatic heterocycles. The molecule has 1 heterocycles. The van der Waals surface area contributed by atoms with Gasteiger partial charge in [-0.3, -0.25) is 0 Å². The zero-order valence-corrected chi connectivity index (χ0v) is 6.76. The molecular weight excluding hydrogens is 164 g/mol. The number of hydrogen-bond donors (Lipinski definition) is 0. The van der Waals surface area contributed by atoms with Crippen molar-refractivity contribution >= 4 is 41.2 Å². The van der Waals surface area contributed by atoms with E-state index >= 15 is 0 Å². The van der Waals surface area contributed by atoms with Crippen LogP contribution in [0.5, 0.6) is 0 Å². The van der Waals surface area contributed by atoms with Gasteiger partial charge in [0.15, 0.2) is 0 Å². The summed E-state index contributed by atoms with van der Waals surface area (Å²) < 4.78 is 0.620. The number of rotatable bonds is 1. The molecule has 0 aromatic carbocycles. The molecule has 0 spiro atoms. The standard InChI is InChI=1S/C3H4S4/c1-2-3-4-6-7-5-3/h2-3H,1H2. The summed E-state index contributed by atoms with van der Waals surface area (Å²) in [7, 11) is 7.40. The fourth-order valence-corrected chi connectivity index (χ4v) is 8.43. The lowest BCUT2D eigenvalue weighted by Crippen LogP contribution is -1.76. The van der Waals surface area contributed by atoms with Crippen molar-refractivity contribution in [2.45, 2.75) is 4.58 Å². The summed E-state index contributed by atoms with van der Waals surface area (Å²) in [5.74, 6) is 0. The maximum Gasteiger partial charge on any atom is 0.0903 e. The normalized spacial score (nSPS) is 22.9. The van der Waals surface area contributed by atoms with Gasteiger partial charge in [0, 0.05) is 0 Å². The van der Waals surface area contributed by atoms with Crippen molar-refractivity contribution in [3.05, 3.63) is 12.7 Å². The lowest BCUT2D eigenvalue weighted by molar-refractivity contribution is 1.72. The van der Waals surface area contributed by atoms with Crippen molar-refractivity contribution in [1.82, 2.24) is 0 Å². The summed E-state index contributed by atoms with van der Waals surface area (Å²) in [6, 6.07) is 0. The molecule has 0 aromatic rings. The minimum absolute atomic E-state index is 0.620. The van der Waals surface area contributed by atoms with Gasteiger partial charge in [0.2, 0.25) is 0 Å². The van der Waals surface area contributed by atoms with E-state index in [4.69, 9.17) is 0 Å². The molecule has 1 fully saturated rings. The van der Waals surface area contributed by atoms with Crippen molar-refractivity contribution in [3.63, 3.8) is 0 Å². The average molecular weight is 168 g/mol. The van der Waals surface area contributed by atoms with Crippen LogP contribution in [0.3, 0.4) is 0 Å². The van der Waals surface area contributed by atoms with Gasteiger partial charge >= 0.3 is 0 Å². The third-order valence-electron chi connectivity index (χ3n) is 0.488. The topological polar surface area (TPSA) is 0 Å². The monoisotopic (exact) mass is 168 g/mol. The SMILES string of the molecule is C=CC1SSSS1. The second-order valence-electron chi connectivity index (χ2n) is 0.933. The molecule has 0 saturated carbocycles. The highest BCUT2D eigenvalue weighted by molar-refractivity contribution is 9.31. The first-order valence-corrected chi connectivity index (χ1v) is 6.66. The van der Waals surface area contributed by atoms with Crippen LogP contribution in [0, 0.1) is 0 Å². The molecule has 4 heteroatoms. The quantitative estimate of drug-likeness (QED) is 0.435. The van der Waals surface area contributed by atoms with Crippen molar-refractivity contribution < 1.29 is 0 Å². The van der Waals surface area contributed by atoms with E-state index < -0.39 is 0 Å². The van der Waals surface area contributed by atoms with Gasteiger partial charge in [-0.25, -0.2) is 0 Å². The molecule has 0 N–H and O–H groups in total. The number of hydrogen-bond acceptors (Lipinski definition) is 4. The van der Waals surface area contributed by atoms with Crippen LogP contribution in [0.25, 0.3) is 0 Å². The minimum atomic E-state index is 0.620. The fourth-order valence-electron chi connectivity index (χ4n) is 0.204. The van der Waals surface area contributed by atoms with E-state index in [1.807, 2.05) is 47.3 Å². The van der Waals surface area contributed by atoms with E-state index in [2.05, 4.69) is 6.58 Å². The molecule has 0 nitrogen and oxygen atoms in total. The van der Waals surface area contributed by atoms with Crippen LogP contribution < -0.4 is 0 Å². The molecule has 0 bridgehead atoms. The Morgan fingerprint density at radius 1 is 1.29 bits per heavy atom. The summed E-state index contributed by atoms with van der Waals surface area (Å²) in [4.78, 5) is 0. The van der Waals surface area contributed by atoms with E-state index in [-0.39, 0.29) is 0 Å². The first kappa shape index (κ1) is 6.26. The maximum absolute atomic E-state index is 3.67. The zero-order chi connectivity index (χ0) is 5.11. The van der Waals surface area contributed by atoms with Gasteiger partial charge in [0.25, 0.3) is 0 Å². The Labute approximate surface area is 58.5 Å². The molecule has 0 aromatic heterocycles. The van der Waals surface area contributed by atoms with Crippen molar-refractivity contribution in [3.8, 4) is 0 Å². The first-order chi connectivity index (χ1) is 3.43. The Bertz CT molecular complexity index is 65.3. The van der Waals surface area contributed by atoms with Gasteiger partial charge in [-0.1, -0.05) is 27.7 Å². The fraction of sp³-hybridized carbons (Fsp3) is 0.333. The van der Waals surface area contributed by atoms with Gasteiger partial charge in [-0.2, -0.15) is 0 Å². The molecule has 0 aliphatic carbocycles. The third-order valence-corrected chi connectivity index (χ3v) is 8.07. The molecule has 0 amide bonds. The van der Waals surface area contributed by atoms with Gasteiger partial charge in [0.05, 0.1) is 4.58 Å². The maximum atomic E-state index is 3.67. The summed E-state index contributed by atoms with van der Waals surface area (Å²) in [6.07, 6.45) is 1.97.